The highest BCUT2D eigenvalue weighted by molar-refractivity contribution is 5.93. The first kappa shape index (κ1) is 14.6. The molecule has 1 aliphatic heterocycles. The molecule has 3 heterocycles. The number of nitrogens with zero attached hydrogens (tertiary/aromatic N) is 2. The summed E-state index contributed by atoms with van der Waals surface area (Å²) >= 11 is 0. The fourth-order valence-corrected chi connectivity index (χ4v) is 2.52. The number of aromatic nitrogens is 1. The van der Waals surface area contributed by atoms with E-state index in [9.17, 15) is 4.79 Å². The molecule has 22 heavy (non-hydrogen) atoms. The van der Waals surface area contributed by atoms with Crippen LogP contribution in [0.4, 0.5) is 0 Å². The van der Waals surface area contributed by atoms with Crippen LogP contribution in [0.5, 0.6) is 5.75 Å². The third kappa shape index (κ3) is 3.12. The molecule has 1 saturated heterocycles. The predicted molar refractivity (Wildman–Crippen MR) is 80.9 cm³/mol. The summed E-state index contributed by atoms with van der Waals surface area (Å²) in [6, 6.07) is 5.44. The zero-order valence-electron chi connectivity index (χ0n) is 12.5. The van der Waals surface area contributed by atoms with Crippen LogP contribution in [-0.4, -0.2) is 48.1 Å². The number of carbonyl (C=O) groups excluding carboxylic acids is 1. The van der Waals surface area contributed by atoms with Crippen molar-refractivity contribution in [2.45, 2.75) is 13.0 Å². The fourth-order valence-electron chi connectivity index (χ4n) is 2.52. The highest BCUT2D eigenvalue weighted by atomic mass is 16.5. The van der Waals surface area contributed by atoms with Crippen LogP contribution < -0.4 is 10.1 Å². The minimum absolute atomic E-state index is 0.0362. The summed E-state index contributed by atoms with van der Waals surface area (Å²) in [6.45, 7) is 4.41. The van der Waals surface area contributed by atoms with Crippen LogP contribution >= 0.6 is 0 Å². The van der Waals surface area contributed by atoms with E-state index in [0.29, 0.717) is 31.2 Å². The van der Waals surface area contributed by atoms with Crippen LogP contribution in [-0.2, 0) is 0 Å². The molecule has 1 amide bonds. The van der Waals surface area contributed by atoms with Gasteiger partial charge in [0.05, 0.1) is 18.5 Å². The molecule has 2 aromatic heterocycles. The lowest BCUT2D eigenvalue weighted by Crippen LogP contribution is -2.55. The van der Waals surface area contributed by atoms with Crippen molar-refractivity contribution in [2.24, 2.45) is 0 Å². The van der Waals surface area contributed by atoms with Crippen molar-refractivity contribution in [1.82, 2.24) is 15.2 Å². The third-order valence-corrected chi connectivity index (χ3v) is 3.74. The normalized spacial score (nSPS) is 18.2. The molecule has 1 fully saturated rings. The first-order valence-electron chi connectivity index (χ1n) is 7.34. The Kier molecular flexibility index (Phi) is 4.39. The van der Waals surface area contributed by atoms with Crippen molar-refractivity contribution in [3.8, 4) is 5.75 Å². The van der Waals surface area contributed by atoms with Gasteiger partial charge in [-0.05, 0) is 25.1 Å². The van der Waals surface area contributed by atoms with E-state index in [1.165, 1.54) is 0 Å². The molecule has 1 aliphatic rings. The van der Waals surface area contributed by atoms with Gasteiger partial charge in [0.1, 0.15) is 12.4 Å². The maximum atomic E-state index is 12.6. The summed E-state index contributed by atoms with van der Waals surface area (Å²) in [7, 11) is 0. The van der Waals surface area contributed by atoms with Crippen molar-refractivity contribution in [1.29, 1.82) is 0 Å². The molecule has 3 rings (SSSR count). The second-order valence-corrected chi connectivity index (χ2v) is 5.29. The van der Waals surface area contributed by atoms with E-state index in [0.717, 1.165) is 12.1 Å². The highest BCUT2D eigenvalue weighted by Crippen LogP contribution is 2.16. The molecule has 1 atom stereocenters. The van der Waals surface area contributed by atoms with E-state index < -0.39 is 0 Å². The molecular weight excluding hydrogens is 282 g/mol. The molecular formula is C16H19N3O3. The topological polar surface area (TPSA) is 67.6 Å². The lowest BCUT2D eigenvalue weighted by Gasteiger charge is -2.35. The maximum absolute atomic E-state index is 12.6. The van der Waals surface area contributed by atoms with Gasteiger partial charge in [-0.15, -0.1) is 0 Å². The quantitative estimate of drug-likeness (QED) is 0.926. The van der Waals surface area contributed by atoms with Gasteiger partial charge in [-0.2, -0.15) is 0 Å². The number of rotatable bonds is 4. The number of amides is 1. The Hall–Kier alpha value is -2.34. The monoisotopic (exact) mass is 301 g/mol. The van der Waals surface area contributed by atoms with Gasteiger partial charge in [-0.1, -0.05) is 0 Å². The summed E-state index contributed by atoms with van der Waals surface area (Å²) < 4.78 is 11.1. The standard InChI is InChI=1S/C16H19N3O3/c1-12-4-8-21-15(12)16(20)19-7-6-18-9-13(19)11-22-14-3-2-5-17-10-14/h2-5,8,10,13,18H,6-7,9,11H2,1H3. The number of piperazine rings is 1. The molecule has 0 spiro atoms. The zero-order valence-corrected chi connectivity index (χ0v) is 12.5. The molecule has 6 heteroatoms. The predicted octanol–water partition coefficient (Wildman–Crippen LogP) is 1.48. The number of nitrogens with one attached hydrogen (secondary N) is 1. The summed E-state index contributed by atoms with van der Waals surface area (Å²) in [6.07, 6.45) is 4.91. The number of hydrogen-bond donors (Lipinski definition) is 1. The number of hydrogen-bond acceptors (Lipinski definition) is 5. The Morgan fingerprint density at radius 2 is 2.45 bits per heavy atom. The molecule has 6 nitrogen and oxygen atoms in total. The maximum Gasteiger partial charge on any atom is 0.290 e. The molecule has 0 bridgehead atoms. The van der Waals surface area contributed by atoms with Crippen molar-refractivity contribution in [2.75, 3.05) is 26.2 Å². The number of furan rings is 1. The smallest absolute Gasteiger partial charge is 0.290 e. The van der Waals surface area contributed by atoms with Gasteiger partial charge in [-0.3, -0.25) is 9.78 Å². The molecule has 1 N–H and O–H groups in total. The molecule has 0 aromatic carbocycles. The Labute approximate surface area is 129 Å². The lowest BCUT2D eigenvalue weighted by atomic mass is 10.1. The molecule has 0 aliphatic carbocycles. The minimum Gasteiger partial charge on any atom is -0.490 e. The van der Waals surface area contributed by atoms with Crippen molar-refractivity contribution in [3.63, 3.8) is 0 Å². The van der Waals surface area contributed by atoms with Crippen LogP contribution in [0.2, 0.25) is 0 Å². The summed E-state index contributed by atoms with van der Waals surface area (Å²) in [4.78, 5) is 18.5. The highest BCUT2D eigenvalue weighted by Gasteiger charge is 2.30. The van der Waals surface area contributed by atoms with Crippen LogP contribution in [0.25, 0.3) is 0 Å². The minimum atomic E-state index is -0.0798. The van der Waals surface area contributed by atoms with Gasteiger partial charge in [0, 0.05) is 31.4 Å². The number of carbonyl (C=O) groups is 1. The summed E-state index contributed by atoms with van der Waals surface area (Å²) in [5, 5.41) is 3.30. The van der Waals surface area contributed by atoms with E-state index >= 15 is 0 Å². The van der Waals surface area contributed by atoms with E-state index in [-0.39, 0.29) is 11.9 Å². The summed E-state index contributed by atoms with van der Waals surface area (Å²) in [5.41, 5.74) is 0.857. The second-order valence-electron chi connectivity index (χ2n) is 5.29. The molecule has 2 aromatic rings. The zero-order chi connectivity index (χ0) is 15.4. The van der Waals surface area contributed by atoms with E-state index in [2.05, 4.69) is 10.3 Å². The van der Waals surface area contributed by atoms with Crippen LogP contribution in [0, 0.1) is 6.92 Å². The van der Waals surface area contributed by atoms with Crippen LogP contribution in [0.1, 0.15) is 16.1 Å². The van der Waals surface area contributed by atoms with E-state index in [1.807, 2.05) is 24.0 Å². The molecule has 0 saturated carbocycles. The van der Waals surface area contributed by atoms with Crippen molar-refractivity contribution >= 4 is 5.91 Å². The van der Waals surface area contributed by atoms with Gasteiger partial charge in [0.25, 0.3) is 5.91 Å². The summed E-state index contributed by atoms with van der Waals surface area (Å²) in [5.74, 6) is 1.03. The number of aryl methyl sites for hydroxylation is 1. The van der Waals surface area contributed by atoms with Crippen molar-refractivity contribution in [3.05, 3.63) is 48.2 Å². The Morgan fingerprint density at radius 3 is 3.18 bits per heavy atom. The Bertz CT molecular complexity index is 627. The number of pyridine rings is 1. The second kappa shape index (κ2) is 6.62. The Morgan fingerprint density at radius 1 is 1.55 bits per heavy atom. The average molecular weight is 301 g/mol. The van der Waals surface area contributed by atoms with E-state index in [1.54, 1.807) is 24.7 Å². The molecule has 0 radical (unpaired) electrons. The van der Waals surface area contributed by atoms with E-state index in [4.69, 9.17) is 9.15 Å². The van der Waals surface area contributed by atoms with Crippen LogP contribution in [0.15, 0.2) is 41.3 Å². The Balaban J connectivity index is 1.69. The molecule has 116 valence electrons. The fraction of sp³-hybridized carbons (Fsp3) is 0.375. The largest absolute Gasteiger partial charge is 0.490 e. The van der Waals surface area contributed by atoms with Gasteiger partial charge >= 0.3 is 0 Å². The lowest BCUT2D eigenvalue weighted by molar-refractivity contribution is 0.0527. The first-order valence-corrected chi connectivity index (χ1v) is 7.34. The SMILES string of the molecule is Cc1ccoc1C(=O)N1CCNCC1COc1cccnc1. The van der Waals surface area contributed by atoms with Gasteiger partial charge in [0.2, 0.25) is 0 Å². The molecule has 1 unspecified atom stereocenters. The first-order chi connectivity index (χ1) is 10.8. The van der Waals surface area contributed by atoms with Crippen LogP contribution in [0.3, 0.4) is 0 Å². The van der Waals surface area contributed by atoms with Crippen molar-refractivity contribution < 1.29 is 13.9 Å². The van der Waals surface area contributed by atoms with Gasteiger partial charge < -0.3 is 19.4 Å². The van der Waals surface area contributed by atoms with Gasteiger partial charge in [-0.25, -0.2) is 0 Å². The third-order valence-electron chi connectivity index (χ3n) is 3.74. The average Bonchev–Trinajstić information content (AvgIpc) is 2.99. The van der Waals surface area contributed by atoms with Gasteiger partial charge in [0.15, 0.2) is 5.76 Å². The number of ether oxygens (including phenoxy) is 1.